The van der Waals surface area contributed by atoms with E-state index in [4.69, 9.17) is 39.5 Å². The summed E-state index contributed by atoms with van der Waals surface area (Å²) in [6.45, 7) is 2.82. The van der Waals surface area contributed by atoms with Crippen LogP contribution in [0.3, 0.4) is 0 Å². The summed E-state index contributed by atoms with van der Waals surface area (Å²) in [6, 6.07) is 12.4. The van der Waals surface area contributed by atoms with Crippen LogP contribution in [0.4, 0.5) is 5.69 Å². The van der Waals surface area contributed by atoms with Crippen molar-refractivity contribution in [1.29, 1.82) is 0 Å². The van der Waals surface area contributed by atoms with Crippen LogP contribution >= 0.6 is 34.8 Å². The molecule has 1 unspecified atom stereocenters. The van der Waals surface area contributed by atoms with Crippen molar-refractivity contribution >= 4 is 58.6 Å². The molecular weight excluding hydrogens is 505 g/mol. The van der Waals surface area contributed by atoms with Crippen molar-refractivity contribution in [1.82, 2.24) is 0 Å². The molecule has 0 spiro atoms. The Kier molecular flexibility index (Phi) is 11.4. The summed E-state index contributed by atoms with van der Waals surface area (Å²) in [4.78, 5) is 17.8. The third-order valence-corrected chi connectivity index (χ3v) is 6.66. The molecular formula is C27H32Cl3N3O2. The number of benzene rings is 2. The Bertz CT molecular complexity index is 1000. The van der Waals surface area contributed by atoms with Crippen LogP contribution in [-0.2, 0) is 9.53 Å². The SMILES string of the molecule is CCCCCCCCCCCOC=NC1=NN(c2c(Cl)cc(Cl)cc2Cl)C(=O)C1c1ccccc1. The van der Waals surface area contributed by atoms with Gasteiger partial charge in [0.05, 0.1) is 16.7 Å². The molecule has 0 N–H and O–H groups in total. The maximum absolute atomic E-state index is 13.4. The summed E-state index contributed by atoms with van der Waals surface area (Å²) in [7, 11) is 0. The highest BCUT2D eigenvalue weighted by Crippen LogP contribution is 2.40. The second-order valence-corrected chi connectivity index (χ2v) is 9.85. The van der Waals surface area contributed by atoms with E-state index in [1.807, 2.05) is 30.3 Å². The quantitative estimate of drug-likeness (QED) is 0.146. The number of carbonyl (C=O) groups is 1. The van der Waals surface area contributed by atoms with Crippen LogP contribution < -0.4 is 5.01 Å². The van der Waals surface area contributed by atoms with Crippen molar-refractivity contribution in [2.45, 2.75) is 70.6 Å². The predicted octanol–water partition coefficient (Wildman–Crippen LogP) is 8.67. The van der Waals surface area contributed by atoms with Gasteiger partial charge >= 0.3 is 0 Å². The summed E-state index contributed by atoms with van der Waals surface area (Å²) in [5.74, 6) is -0.671. The van der Waals surface area contributed by atoms with E-state index in [-0.39, 0.29) is 21.6 Å². The average molecular weight is 537 g/mol. The zero-order chi connectivity index (χ0) is 25.0. The van der Waals surface area contributed by atoms with Gasteiger partial charge in [-0.2, -0.15) is 5.01 Å². The monoisotopic (exact) mass is 535 g/mol. The second kappa shape index (κ2) is 14.5. The van der Waals surface area contributed by atoms with Crippen LogP contribution in [0.1, 0.15) is 76.2 Å². The number of amides is 1. The van der Waals surface area contributed by atoms with E-state index in [9.17, 15) is 4.79 Å². The Morgan fingerprint density at radius 3 is 2.17 bits per heavy atom. The van der Waals surface area contributed by atoms with E-state index in [0.717, 1.165) is 18.4 Å². The lowest BCUT2D eigenvalue weighted by molar-refractivity contribution is -0.118. The van der Waals surface area contributed by atoms with Gasteiger partial charge in [0.2, 0.25) is 0 Å². The Morgan fingerprint density at radius 2 is 1.54 bits per heavy atom. The largest absolute Gasteiger partial charge is 0.483 e. The van der Waals surface area contributed by atoms with Crippen molar-refractivity contribution in [2.75, 3.05) is 11.6 Å². The summed E-state index contributed by atoms with van der Waals surface area (Å²) in [6.07, 6.45) is 12.6. The molecule has 1 aliphatic rings. The lowest BCUT2D eigenvalue weighted by Gasteiger charge is -2.17. The number of rotatable bonds is 13. The number of amidine groups is 1. The summed E-state index contributed by atoms with van der Waals surface area (Å²) >= 11 is 18.7. The van der Waals surface area contributed by atoms with Crippen molar-refractivity contribution in [3.63, 3.8) is 0 Å². The normalized spacial score (nSPS) is 15.8. The number of hydrazone groups is 1. The highest BCUT2D eigenvalue weighted by Gasteiger charge is 2.39. The fraction of sp³-hybridized carbons (Fsp3) is 0.444. The lowest BCUT2D eigenvalue weighted by atomic mass is 9.98. The number of unbranched alkanes of at least 4 members (excludes halogenated alkanes) is 8. The van der Waals surface area contributed by atoms with Gasteiger partial charge in [0.25, 0.3) is 5.91 Å². The van der Waals surface area contributed by atoms with Crippen molar-refractivity contribution in [2.24, 2.45) is 10.1 Å². The van der Waals surface area contributed by atoms with Crippen LogP contribution in [0.5, 0.6) is 0 Å². The molecule has 2 aromatic carbocycles. The van der Waals surface area contributed by atoms with Crippen LogP contribution in [0.15, 0.2) is 52.6 Å². The van der Waals surface area contributed by atoms with Gasteiger partial charge in [0.1, 0.15) is 11.6 Å². The van der Waals surface area contributed by atoms with Gasteiger partial charge in [0, 0.05) is 5.02 Å². The standard InChI is InChI=1S/C27H32Cl3N3O2/c1-2-3-4-5-6-7-8-9-13-16-35-19-31-26-24(20-14-11-10-12-15-20)27(34)33(32-26)25-22(29)17-21(28)18-23(25)30/h10-12,14-15,17-19,24H,2-9,13,16H2,1H3. The number of carbonyl (C=O) groups excluding carboxylic acids is 1. The molecule has 0 saturated carbocycles. The zero-order valence-electron chi connectivity index (χ0n) is 20.1. The minimum Gasteiger partial charge on any atom is -0.483 e. The van der Waals surface area contributed by atoms with E-state index in [1.54, 1.807) is 0 Å². The lowest BCUT2D eigenvalue weighted by Crippen LogP contribution is -2.26. The smallest absolute Gasteiger partial charge is 0.262 e. The molecule has 188 valence electrons. The molecule has 0 aliphatic carbocycles. The van der Waals surface area contributed by atoms with Crippen LogP contribution in [0.25, 0.3) is 0 Å². The highest BCUT2D eigenvalue weighted by molar-refractivity contribution is 6.43. The van der Waals surface area contributed by atoms with Gasteiger partial charge in [-0.3, -0.25) is 4.79 Å². The summed E-state index contributed by atoms with van der Waals surface area (Å²) in [5.41, 5.74) is 1.06. The minimum absolute atomic E-state index is 0.234. The Hall–Kier alpha value is -2.08. The number of hydrogen-bond donors (Lipinski definition) is 0. The number of aliphatic imine (C=N–C) groups is 1. The highest BCUT2D eigenvalue weighted by atomic mass is 35.5. The van der Waals surface area contributed by atoms with Gasteiger partial charge in [0.15, 0.2) is 12.2 Å². The molecule has 8 heteroatoms. The number of ether oxygens (including phenoxy) is 1. The molecule has 2 aromatic rings. The first-order valence-electron chi connectivity index (χ1n) is 12.3. The van der Waals surface area contributed by atoms with Gasteiger partial charge in [-0.1, -0.05) is 123 Å². The van der Waals surface area contributed by atoms with Gasteiger partial charge < -0.3 is 4.74 Å². The summed E-state index contributed by atoms with van der Waals surface area (Å²) in [5, 5.41) is 6.49. The van der Waals surface area contributed by atoms with Gasteiger partial charge in [-0.15, -0.1) is 5.10 Å². The zero-order valence-corrected chi connectivity index (χ0v) is 22.3. The first-order valence-corrected chi connectivity index (χ1v) is 13.4. The molecule has 0 bridgehead atoms. The molecule has 1 atom stereocenters. The first kappa shape index (κ1) is 27.5. The molecule has 5 nitrogen and oxygen atoms in total. The Balaban J connectivity index is 1.60. The maximum atomic E-state index is 13.4. The number of nitrogens with zero attached hydrogens (tertiary/aromatic N) is 3. The van der Waals surface area contributed by atoms with Crippen LogP contribution in [-0.4, -0.2) is 24.8 Å². The fourth-order valence-electron chi connectivity index (χ4n) is 4.02. The van der Waals surface area contributed by atoms with Gasteiger partial charge in [-0.25, -0.2) is 4.99 Å². The topological polar surface area (TPSA) is 54.3 Å². The van der Waals surface area contributed by atoms with Crippen LogP contribution in [0.2, 0.25) is 15.1 Å². The Labute approximate surface area is 223 Å². The number of hydrogen-bond acceptors (Lipinski definition) is 4. The van der Waals surface area contributed by atoms with Crippen molar-refractivity contribution in [3.05, 3.63) is 63.1 Å². The predicted molar refractivity (Wildman–Crippen MR) is 147 cm³/mol. The molecule has 3 rings (SSSR count). The number of halogens is 3. The average Bonchev–Trinajstić information content (AvgIpc) is 3.15. The number of anilines is 1. The summed E-state index contributed by atoms with van der Waals surface area (Å²) < 4.78 is 5.61. The molecule has 0 fully saturated rings. The molecule has 0 saturated heterocycles. The van der Waals surface area contributed by atoms with E-state index in [0.29, 0.717) is 17.5 Å². The first-order chi connectivity index (χ1) is 17.0. The maximum Gasteiger partial charge on any atom is 0.262 e. The van der Waals surface area contributed by atoms with E-state index >= 15 is 0 Å². The minimum atomic E-state index is -0.688. The third-order valence-electron chi connectivity index (χ3n) is 5.87. The van der Waals surface area contributed by atoms with E-state index in [2.05, 4.69) is 17.0 Å². The third kappa shape index (κ3) is 7.96. The molecule has 0 aromatic heterocycles. The van der Waals surface area contributed by atoms with E-state index < -0.39 is 5.92 Å². The second-order valence-electron chi connectivity index (χ2n) is 8.60. The molecule has 35 heavy (non-hydrogen) atoms. The molecule has 0 radical (unpaired) electrons. The Morgan fingerprint density at radius 1 is 0.943 bits per heavy atom. The van der Waals surface area contributed by atoms with Crippen LogP contribution in [0, 0.1) is 0 Å². The molecule has 1 aliphatic heterocycles. The fourth-order valence-corrected chi connectivity index (χ4v) is 4.99. The van der Waals surface area contributed by atoms with Gasteiger partial charge in [-0.05, 0) is 24.1 Å². The van der Waals surface area contributed by atoms with Crippen molar-refractivity contribution in [3.8, 4) is 0 Å². The van der Waals surface area contributed by atoms with E-state index in [1.165, 1.54) is 68.5 Å². The molecule has 1 heterocycles. The molecule has 1 amide bonds. The van der Waals surface area contributed by atoms with Crippen molar-refractivity contribution < 1.29 is 9.53 Å².